The highest BCUT2D eigenvalue weighted by molar-refractivity contribution is 6.80. The molecule has 0 aromatic carbocycles. The zero-order chi connectivity index (χ0) is 14.3. The zero-order valence-electron chi connectivity index (χ0n) is 13.7. The molecule has 1 saturated heterocycles. The first kappa shape index (κ1) is 17.1. The Hall–Kier alpha value is 0.0748. The molecule has 0 atom stereocenters. The summed E-state index contributed by atoms with van der Waals surface area (Å²) in [6.45, 7) is 16.3. The van der Waals surface area contributed by atoms with Crippen molar-refractivity contribution in [2.75, 3.05) is 19.6 Å². The quantitative estimate of drug-likeness (QED) is 0.622. The average Bonchev–Trinajstić information content (AvgIpc) is 2.40. The van der Waals surface area contributed by atoms with E-state index < -0.39 is 0 Å². The van der Waals surface area contributed by atoms with Crippen molar-refractivity contribution in [3.8, 4) is 0 Å². The SMILES string of the molecule is CCCN1[B]N(CCC)B(CC)N(CCC)B1CC. The van der Waals surface area contributed by atoms with Crippen molar-refractivity contribution in [1.29, 1.82) is 0 Å². The molecule has 0 aromatic heterocycles. The Bertz CT molecular complexity index is 223. The molecular weight excluding hydrogens is 231 g/mol. The van der Waals surface area contributed by atoms with Crippen molar-refractivity contribution < 1.29 is 0 Å². The van der Waals surface area contributed by atoms with Crippen molar-refractivity contribution in [3.63, 3.8) is 0 Å². The Kier molecular flexibility index (Phi) is 8.20. The highest BCUT2D eigenvalue weighted by atomic mass is 15.3. The lowest BCUT2D eigenvalue weighted by Crippen LogP contribution is -2.72. The predicted octanol–water partition coefficient (Wildman–Crippen LogP) is 2.69. The van der Waals surface area contributed by atoms with Crippen LogP contribution in [0.4, 0.5) is 0 Å². The second kappa shape index (κ2) is 9.09. The third-order valence-corrected chi connectivity index (χ3v) is 4.00. The van der Waals surface area contributed by atoms with Crippen molar-refractivity contribution in [2.24, 2.45) is 0 Å². The van der Waals surface area contributed by atoms with Gasteiger partial charge in [0.1, 0.15) is 0 Å². The molecule has 0 spiro atoms. The van der Waals surface area contributed by atoms with Crippen molar-refractivity contribution in [2.45, 2.75) is 66.5 Å². The van der Waals surface area contributed by atoms with E-state index in [1.54, 1.807) is 0 Å². The first-order chi connectivity index (χ1) is 9.23. The standard InChI is InChI=1S/C13H31B3N3/c1-6-11-17-14-18(12-7-2)16(10-5)19(13-8-3)15(17)9-4/h6-13H2,1-5H3. The molecule has 0 aromatic rings. The molecule has 19 heavy (non-hydrogen) atoms. The molecule has 0 amide bonds. The van der Waals surface area contributed by atoms with E-state index in [2.05, 4.69) is 56.3 Å². The van der Waals surface area contributed by atoms with Crippen LogP contribution in [0.3, 0.4) is 0 Å². The normalized spacial score (nSPS) is 19.0. The maximum absolute atomic E-state index is 2.73. The van der Waals surface area contributed by atoms with Crippen molar-refractivity contribution in [3.05, 3.63) is 0 Å². The van der Waals surface area contributed by atoms with Crippen LogP contribution >= 0.6 is 0 Å². The van der Waals surface area contributed by atoms with Crippen LogP contribution in [0, 0.1) is 0 Å². The van der Waals surface area contributed by atoms with Gasteiger partial charge in [0.15, 0.2) is 0 Å². The Morgan fingerprint density at radius 1 is 0.684 bits per heavy atom. The molecule has 0 saturated carbocycles. The lowest BCUT2D eigenvalue weighted by Gasteiger charge is -2.50. The third kappa shape index (κ3) is 4.27. The van der Waals surface area contributed by atoms with Gasteiger partial charge in [-0.2, -0.15) is 0 Å². The maximum atomic E-state index is 2.73. The summed E-state index contributed by atoms with van der Waals surface area (Å²) in [6.07, 6.45) is 6.13. The van der Waals surface area contributed by atoms with Crippen molar-refractivity contribution >= 4 is 21.5 Å². The lowest BCUT2D eigenvalue weighted by atomic mass is 9.47. The van der Waals surface area contributed by atoms with E-state index in [9.17, 15) is 0 Å². The van der Waals surface area contributed by atoms with Crippen LogP contribution in [0.15, 0.2) is 0 Å². The number of hydrogen-bond donors (Lipinski definition) is 0. The number of nitrogens with zero attached hydrogens (tertiary/aromatic N) is 3. The second-order valence-electron chi connectivity index (χ2n) is 5.61. The molecule has 0 aliphatic carbocycles. The van der Waals surface area contributed by atoms with Crippen LogP contribution in [0.2, 0.25) is 12.6 Å². The first-order valence-electron chi connectivity index (χ1n) is 8.35. The monoisotopic (exact) mass is 262 g/mol. The van der Waals surface area contributed by atoms with Gasteiger partial charge in [-0.3, -0.25) is 0 Å². The van der Waals surface area contributed by atoms with Gasteiger partial charge in [0.2, 0.25) is 0 Å². The van der Waals surface area contributed by atoms with Gasteiger partial charge in [-0.1, -0.05) is 34.6 Å². The largest absolute Gasteiger partial charge is 0.361 e. The average molecular weight is 262 g/mol. The summed E-state index contributed by atoms with van der Waals surface area (Å²) in [5.74, 6) is 0. The molecule has 107 valence electrons. The molecule has 0 N–H and O–H groups in total. The fourth-order valence-electron chi connectivity index (χ4n) is 3.35. The van der Waals surface area contributed by atoms with E-state index in [1.807, 2.05) is 0 Å². The number of rotatable bonds is 8. The Morgan fingerprint density at radius 3 is 1.42 bits per heavy atom. The van der Waals surface area contributed by atoms with Gasteiger partial charge in [-0.15, -0.1) is 0 Å². The molecule has 1 heterocycles. The fraction of sp³-hybridized carbons (Fsp3) is 1.00. The van der Waals surface area contributed by atoms with Crippen LogP contribution in [0.1, 0.15) is 53.9 Å². The molecule has 1 aliphatic rings. The van der Waals surface area contributed by atoms with Crippen LogP contribution in [0.25, 0.3) is 0 Å². The second-order valence-corrected chi connectivity index (χ2v) is 5.61. The Morgan fingerprint density at radius 2 is 1.11 bits per heavy atom. The summed E-state index contributed by atoms with van der Waals surface area (Å²) in [4.78, 5) is 0. The topological polar surface area (TPSA) is 9.72 Å². The van der Waals surface area contributed by atoms with Gasteiger partial charge in [-0.25, -0.2) is 0 Å². The lowest BCUT2D eigenvalue weighted by molar-refractivity contribution is 0.436. The Balaban J connectivity index is 2.88. The minimum absolute atomic E-state index is 0.595. The van der Waals surface area contributed by atoms with Gasteiger partial charge in [0.05, 0.1) is 0 Å². The van der Waals surface area contributed by atoms with Crippen molar-refractivity contribution in [1.82, 2.24) is 14.2 Å². The predicted molar refractivity (Wildman–Crippen MR) is 89.2 cm³/mol. The number of hydrogen-bond acceptors (Lipinski definition) is 3. The summed E-state index contributed by atoms with van der Waals surface area (Å²) < 4.78 is 7.86. The van der Waals surface area contributed by atoms with E-state index >= 15 is 0 Å². The summed E-state index contributed by atoms with van der Waals surface area (Å²) in [5, 5.41) is 0. The fourth-order valence-corrected chi connectivity index (χ4v) is 3.35. The summed E-state index contributed by atoms with van der Waals surface area (Å²) in [7, 11) is 2.42. The molecule has 6 heteroatoms. The summed E-state index contributed by atoms with van der Waals surface area (Å²) >= 11 is 0. The van der Waals surface area contributed by atoms with Crippen LogP contribution in [-0.2, 0) is 0 Å². The van der Waals surface area contributed by atoms with Gasteiger partial charge >= 0.3 is 0 Å². The molecule has 1 aliphatic heterocycles. The smallest absolute Gasteiger partial charge is 0.290 e. The summed E-state index contributed by atoms with van der Waals surface area (Å²) in [5.41, 5.74) is 0. The Labute approximate surface area is 122 Å². The van der Waals surface area contributed by atoms with E-state index in [0.29, 0.717) is 14.0 Å². The third-order valence-electron chi connectivity index (χ3n) is 4.00. The minimum atomic E-state index is 0.595. The van der Waals surface area contributed by atoms with Gasteiger partial charge in [0.25, 0.3) is 21.5 Å². The van der Waals surface area contributed by atoms with Crippen LogP contribution in [0.5, 0.6) is 0 Å². The van der Waals surface area contributed by atoms with Crippen LogP contribution < -0.4 is 0 Å². The van der Waals surface area contributed by atoms with Gasteiger partial charge < -0.3 is 14.2 Å². The highest BCUT2D eigenvalue weighted by Gasteiger charge is 2.43. The van der Waals surface area contributed by atoms with E-state index in [-0.39, 0.29) is 0 Å². The maximum Gasteiger partial charge on any atom is 0.290 e. The molecular formula is C13H31B3N3. The van der Waals surface area contributed by atoms with Gasteiger partial charge in [0, 0.05) is 0 Å². The molecule has 3 nitrogen and oxygen atoms in total. The van der Waals surface area contributed by atoms with Crippen LogP contribution in [-0.4, -0.2) is 55.3 Å². The molecule has 0 unspecified atom stereocenters. The molecule has 0 bridgehead atoms. The van der Waals surface area contributed by atoms with E-state index in [1.165, 1.54) is 51.5 Å². The van der Waals surface area contributed by atoms with E-state index in [4.69, 9.17) is 0 Å². The molecule has 1 fully saturated rings. The summed E-state index contributed by atoms with van der Waals surface area (Å²) in [6, 6.07) is 0. The van der Waals surface area contributed by atoms with E-state index in [0.717, 1.165) is 0 Å². The first-order valence-corrected chi connectivity index (χ1v) is 8.35. The highest BCUT2D eigenvalue weighted by Crippen LogP contribution is 2.20. The van der Waals surface area contributed by atoms with Gasteiger partial charge in [-0.05, 0) is 51.5 Å². The minimum Gasteiger partial charge on any atom is -0.361 e. The molecule has 1 radical (unpaired) electrons. The zero-order valence-corrected chi connectivity index (χ0v) is 13.7. The molecule has 1 rings (SSSR count).